The van der Waals surface area contributed by atoms with Crippen molar-refractivity contribution in [2.24, 2.45) is 5.73 Å². The lowest BCUT2D eigenvalue weighted by molar-refractivity contribution is 0.404. The van der Waals surface area contributed by atoms with Crippen LogP contribution in [0.15, 0.2) is 36.9 Å². The van der Waals surface area contributed by atoms with Crippen LogP contribution in [0.25, 0.3) is 0 Å². The predicted molar refractivity (Wildman–Crippen MR) is 49.0 cm³/mol. The monoisotopic (exact) mass is 167 g/mol. The van der Waals surface area contributed by atoms with Crippen LogP contribution in [-0.2, 0) is 0 Å². The maximum Gasteiger partial charge on any atom is 0.157 e. The molecule has 0 amide bonds. The summed E-state index contributed by atoms with van der Waals surface area (Å²) in [5, 5.41) is 17.3. The maximum absolute atomic E-state index is 8.67. The van der Waals surface area contributed by atoms with Gasteiger partial charge in [-0.1, -0.05) is 18.2 Å². The van der Waals surface area contributed by atoms with Gasteiger partial charge in [-0.2, -0.15) is 0 Å². The van der Waals surface area contributed by atoms with E-state index in [1.165, 1.54) is 12.1 Å². The second kappa shape index (κ2) is 6.24. The molecule has 1 rings (SSSR count). The van der Waals surface area contributed by atoms with Gasteiger partial charge in [-0.15, -0.1) is 6.58 Å². The number of benzene rings is 1. The summed E-state index contributed by atoms with van der Waals surface area (Å²) in [5.74, 6) is -0.153. The molecule has 0 spiro atoms. The van der Waals surface area contributed by atoms with Crippen LogP contribution < -0.4 is 5.73 Å². The van der Waals surface area contributed by atoms with Gasteiger partial charge >= 0.3 is 0 Å². The topological polar surface area (TPSA) is 66.5 Å². The Kier molecular flexibility index (Phi) is 5.47. The molecule has 0 aromatic heterocycles. The van der Waals surface area contributed by atoms with Crippen LogP contribution in [0, 0.1) is 0 Å². The fourth-order valence-corrected chi connectivity index (χ4v) is 0.464. The molecule has 0 fully saturated rings. The maximum atomic E-state index is 8.67. The molecule has 0 saturated carbocycles. The van der Waals surface area contributed by atoms with E-state index in [1.807, 2.05) is 0 Å². The van der Waals surface area contributed by atoms with Gasteiger partial charge in [0.1, 0.15) is 0 Å². The molecular formula is C9H13NO2. The van der Waals surface area contributed by atoms with Gasteiger partial charge in [0.25, 0.3) is 0 Å². The fraction of sp³-hybridized carbons (Fsp3) is 0.111. The normalized spacial score (nSPS) is 8.08. The molecule has 1 aromatic rings. The molecule has 0 aliphatic rings. The van der Waals surface area contributed by atoms with Gasteiger partial charge in [-0.05, 0) is 12.1 Å². The molecule has 12 heavy (non-hydrogen) atoms. The van der Waals surface area contributed by atoms with Crippen molar-refractivity contribution in [3.8, 4) is 11.5 Å². The van der Waals surface area contributed by atoms with Crippen molar-refractivity contribution in [2.75, 3.05) is 6.54 Å². The zero-order valence-electron chi connectivity index (χ0n) is 6.77. The van der Waals surface area contributed by atoms with Crippen molar-refractivity contribution in [2.45, 2.75) is 0 Å². The largest absolute Gasteiger partial charge is 0.504 e. The number of aromatic hydroxyl groups is 2. The van der Waals surface area contributed by atoms with Gasteiger partial charge in [0, 0.05) is 6.54 Å². The number of phenols is 2. The lowest BCUT2D eigenvalue weighted by atomic mass is 10.3. The molecule has 0 bridgehead atoms. The Morgan fingerprint density at radius 3 is 1.75 bits per heavy atom. The van der Waals surface area contributed by atoms with E-state index in [1.54, 1.807) is 18.2 Å². The van der Waals surface area contributed by atoms with E-state index in [-0.39, 0.29) is 11.5 Å². The highest BCUT2D eigenvalue weighted by molar-refractivity contribution is 5.36. The molecule has 0 radical (unpaired) electrons. The smallest absolute Gasteiger partial charge is 0.157 e. The van der Waals surface area contributed by atoms with E-state index < -0.39 is 0 Å². The standard InChI is InChI=1S/C6H6O2.C3H7N/c7-5-3-1-2-4-6(5)8;1-2-3-4/h1-4,7-8H;2H,1,3-4H2. The zero-order valence-corrected chi connectivity index (χ0v) is 6.77. The summed E-state index contributed by atoms with van der Waals surface area (Å²) in [6.45, 7) is 3.94. The highest BCUT2D eigenvalue weighted by atomic mass is 16.3. The molecule has 0 heterocycles. The average Bonchev–Trinajstić information content (AvgIpc) is 2.11. The molecule has 0 aliphatic heterocycles. The van der Waals surface area contributed by atoms with Gasteiger partial charge < -0.3 is 15.9 Å². The Hall–Kier alpha value is -1.48. The molecular weight excluding hydrogens is 154 g/mol. The summed E-state index contributed by atoms with van der Waals surface area (Å²) in [5.41, 5.74) is 4.91. The van der Waals surface area contributed by atoms with Crippen molar-refractivity contribution in [3.63, 3.8) is 0 Å². The number of nitrogens with two attached hydrogens (primary N) is 1. The lowest BCUT2D eigenvalue weighted by Crippen LogP contribution is -1.90. The summed E-state index contributed by atoms with van der Waals surface area (Å²) in [7, 11) is 0. The first-order chi connectivity index (χ1) is 5.72. The molecule has 4 N–H and O–H groups in total. The van der Waals surface area contributed by atoms with Crippen molar-refractivity contribution in [1.82, 2.24) is 0 Å². The van der Waals surface area contributed by atoms with E-state index in [4.69, 9.17) is 15.9 Å². The minimum absolute atomic E-state index is 0.0764. The molecule has 0 unspecified atom stereocenters. The van der Waals surface area contributed by atoms with Gasteiger partial charge in [-0.3, -0.25) is 0 Å². The third-order valence-electron chi connectivity index (χ3n) is 1.05. The number of hydrogen-bond donors (Lipinski definition) is 3. The summed E-state index contributed by atoms with van der Waals surface area (Å²) in [6.07, 6.45) is 1.65. The van der Waals surface area contributed by atoms with Crippen LogP contribution in [0.3, 0.4) is 0 Å². The van der Waals surface area contributed by atoms with E-state index in [0.717, 1.165) is 0 Å². The minimum atomic E-state index is -0.0764. The van der Waals surface area contributed by atoms with Gasteiger partial charge in [-0.25, -0.2) is 0 Å². The van der Waals surface area contributed by atoms with E-state index in [0.29, 0.717) is 6.54 Å². The molecule has 0 atom stereocenters. The molecule has 0 saturated heterocycles. The second-order valence-electron chi connectivity index (χ2n) is 2.01. The second-order valence-corrected chi connectivity index (χ2v) is 2.01. The summed E-state index contributed by atoms with van der Waals surface area (Å²) in [6, 6.07) is 6.15. The Balaban J connectivity index is 0.000000261. The molecule has 66 valence electrons. The number of rotatable bonds is 1. The quantitative estimate of drug-likeness (QED) is 0.435. The summed E-state index contributed by atoms with van der Waals surface area (Å²) < 4.78 is 0. The van der Waals surface area contributed by atoms with Crippen LogP contribution >= 0.6 is 0 Å². The van der Waals surface area contributed by atoms with Crippen LogP contribution in [0.1, 0.15) is 0 Å². The van der Waals surface area contributed by atoms with E-state index in [9.17, 15) is 0 Å². The first-order valence-electron chi connectivity index (χ1n) is 3.50. The SMILES string of the molecule is C=CCN.Oc1ccccc1O. The minimum Gasteiger partial charge on any atom is -0.504 e. The highest BCUT2D eigenvalue weighted by Gasteiger charge is 1.90. The van der Waals surface area contributed by atoms with Crippen LogP contribution in [-0.4, -0.2) is 16.8 Å². The van der Waals surface area contributed by atoms with E-state index in [2.05, 4.69) is 6.58 Å². The first-order valence-corrected chi connectivity index (χ1v) is 3.50. The van der Waals surface area contributed by atoms with E-state index >= 15 is 0 Å². The number of para-hydroxylation sites is 2. The average molecular weight is 167 g/mol. The summed E-state index contributed by atoms with van der Waals surface area (Å²) in [4.78, 5) is 0. The highest BCUT2D eigenvalue weighted by Crippen LogP contribution is 2.21. The Morgan fingerprint density at radius 2 is 1.58 bits per heavy atom. The molecule has 1 aromatic carbocycles. The van der Waals surface area contributed by atoms with Crippen LogP contribution in [0.2, 0.25) is 0 Å². The Labute approximate surface area is 71.8 Å². The van der Waals surface area contributed by atoms with Gasteiger partial charge in [0.15, 0.2) is 11.5 Å². The third-order valence-corrected chi connectivity index (χ3v) is 1.05. The Bertz CT molecular complexity index is 215. The number of hydrogen-bond acceptors (Lipinski definition) is 3. The van der Waals surface area contributed by atoms with Crippen molar-refractivity contribution < 1.29 is 10.2 Å². The van der Waals surface area contributed by atoms with Crippen molar-refractivity contribution in [3.05, 3.63) is 36.9 Å². The first kappa shape index (κ1) is 10.5. The number of phenolic OH excluding ortho intramolecular Hbond substituents is 2. The predicted octanol–water partition coefficient (Wildman–Crippen LogP) is 1.23. The molecule has 3 nitrogen and oxygen atoms in total. The molecule has 3 heteroatoms. The van der Waals surface area contributed by atoms with Crippen molar-refractivity contribution in [1.29, 1.82) is 0 Å². The van der Waals surface area contributed by atoms with Crippen molar-refractivity contribution >= 4 is 0 Å². The zero-order chi connectivity index (χ0) is 9.40. The van der Waals surface area contributed by atoms with Gasteiger partial charge in [0.2, 0.25) is 0 Å². The molecule has 0 aliphatic carbocycles. The van der Waals surface area contributed by atoms with Crippen LogP contribution in [0.5, 0.6) is 11.5 Å². The Morgan fingerprint density at radius 1 is 1.25 bits per heavy atom. The fourth-order valence-electron chi connectivity index (χ4n) is 0.464. The van der Waals surface area contributed by atoms with Gasteiger partial charge in [0.05, 0.1) is 0 Å². The summed E-state index contributed by atoms with van der Waals surface area (Å²) >= 11 is 0. The van der Waals surface area contributed by atoms with Crippen LogP contribution in [0.4, 0.5) is 0 Å². The third kappa shape index (κ3) is 4.35. The lowest BCUT2D eigenvalue weighted by Gasteiger charge is -1.91.